The summed E-state index contributed by atoms with van der Waals surface area (Å²) in [7, 11) is 0. The lowest BCUT2D eigenvalue weighted by Crippen LogP contribution is -2.21. The van der Waals surface area contributed by atoms with E-state index in [-0.39, 0.29) is 12.1 Å². The molecule has 0 radical (unpaired) electrons. The van der Waals surface area contributed by atoms with Gasteiger partial charge in [-0.2, -0.15) is 0 Å². The molecule has 2 aromatic carbocycles. The number of benzene rings is 2. The smallest absolute Gasteiger partial charge is 0.323 e. The van der Waals surface area contributed by atoms with Crippen LogP contribution in [0.3, 0.4) is 0 Å². The molecule has 0 aliphatic carbocycles. The van der Waals surface area contributed by atoms with E-state index in [1.54, 1.807) is 0 Å². The summed E-state index contributed by atoms with van der Waals surface area (Å²) >= 11 is 0. The second kappa shape index (κ2) is 7.09. The van der Waals surface area contributed by atoms with Crippen LogP contribution >= 0.6 is 0 Å². The summed E-state index contributed by atoms with van der Waals surface area (Å²) in [4.78, 5) is 12.2. The van der Waals surface area contributed by atoms with Crippen molar-refractivity contribution < 1.29 is 4.79 Å². The Hall–Kier alpha value is -2.33. The molecule has 0 fully saturated rings. The molecule has 0 saturated carbocycles. The molecule has 2 amide bonds. The number of nitrogens with two attached hydrogens (primary N) is 1. The van der Waals surface area contributed by atoms with Gasteiger partial charge in [-0.05, 0) is 49.1 Å². The maximum Gasteiger partial charge on any atom is 0.323 e. The Bertz CT molecular complexity index is 648. The van der Waals surface area contributed by atoms with Crippen molar-refractivity contribution in [1.29, 1.82) is 0 Å². The zero-order chi connectivity index (χ0) is 16.1. The molecule has 0 aliphatic rings. The van der Waals surface area contributed by atoms with E-state index in [2.05, 4.69) is 17.6 Å². The van der Waals surface area contributed by atoms with Crippen LogP contribution in [0.5, 0.6) is 0 Å². The van der Waals surface area contributed by atoms with Crippen LogP contribution in [0, 0.1) is 6.92 Å². The molecule has 2 aromatic rings. The highest BCUT2D eigenvalue weighted by Gasteiger charge is 2.09. The molecule has 4 heteroatoms. The molecule has 1 unspecified atom stereocenters. The molecule has 0 aromatic heterocycles. The lowest BCUT2D eigenvalue weighted by Gasteiger charge is -2.14. The number of rotatable bonds is 4. The third kappa shape index (κ3) is 3.86. The van der Waals surface area contributed by atoms with Crippen LogP contribution in [0.4, 0.5) is 16.2 Å². The average Bonchev–Trinajstić information content (AvgIpc) is 2.49. The van der Waals surface area contributed by atoms with Gasteiger partial charge in [0.2, 0.25) is 0 Å². The van der Waals surface area contributed by atoms with Crippen LogP contribution in [0.1, 0.15) is 36.6 Å². The van der Waals surface area contributed by atoms with Crippen molar-refractivity contribution in [2.45, 2.75) is 33.2 Å². The van der Waals surface area contributed by atoms with Gasteiger partial charge in [0, 0.05) is 17.4 Å². The molecule has 0 saturated heterocycles. The molecule has 1 atom stereocenters. The Labute approximate surface area is 131 Å². The van der Waals surface area contributed by atoms with Crippen molar-refractivity contribution in [1.82, 2.24) is 0 Å². The van der Waals surface area contributed by atoms with Crippen LogP contribution in [0.15, 0.2) is 42.5 Å². The van der Waals surface area contributed by atoms with Gasteiger partial charge in [-0.3, -0.25) is 0 Å². The molecule has 0 heterocycles. The molecule has 0 spiro atoms. The summed E-state index contributed by atoms with van der Waals surface area (Å²) in [5.74, 6) is 0. The van der Waals surface area contributed by atoms with Gasteiger partial charge in [0.15, 0.2) is 0 Å². The van der Waals surface area contributed by atoms with E-state index in [9.17, 15) is 4.79 Å². The number of carbonyl (C=O) groups is 1. The first-order valence-corrected chi connectivity index (χ1v) is 7.53. The minimum absolute atomic E-state index is 0.0121. The molecule has 4 nitrogen and oxygen atoms in total. The summed E-state index contributed by atoms with van der Waals surface area (Å²) in [5.41, 5.74) is 10.7. The summed E-state index contributed by atoms with van der Waals surface area (Å²) in [6, 6.07) is 13.3. The fraction of sp³-hybridized carbons (Fsp3) is 0.278. The third-order valence-electron chi connectivity index (χ3n) is 3.67. The van der Waals surface area contributed by atoms with Crippen LogP contribution in [-0.2, 0) is 6.42 Å². The van der Waals surface area contributed by atoms with E-state index in [0.29, 0.717) is 0 Å². The Morgan fingerprint density at radius 2 is 1.82 bits per heavy atom. The Morgan fingerprint density at radius 1 is 1.14 bits per heavy atom. The van der Waals surface area contributed by atoms with Gasteiger partial charge in [-0.1, -0.05) is 37.3 Å². The first-order chi connectivity index (χ1) is 10.5. The Morgan fingerprint density at radius 3 is 2.41 bits per heavy atom. The standard InChI is InChI=1S/C18H23N3O/c1-4-14-7-5-6-12(2)17(14)21-18(22)20-16-10-8-15(9-11-16)13(3)19/h5-11,13H,4,19H2,1-3H3,(H2,20,21,22). The monoisotopic (exact) mass is 297 g/mol. The quantitative estimate of drug-likeness (QED) is 0.791. The fourth-order valence-electron chi connectivity index (χ4n) is 2.35. The van der Waals surface area contributed by atoms with Crippen LogP contribution < -0.4 is 16.4 Å². The minimum Gasteiger partial charge on any atom is -0.324 e. The number of aryl methyl sites for hydroxylation is 2. The second-order valence-electron chi connectivity index (χ2n) is 5.45. The largest absolute Gasteiger partial charge is 0.324 e. The van der Waals surface area contributed by atoms with Gasteiger partial charge in [0.1, 0.15) is 0 Å². The topological polar surface area (TPSA) is 67.2 Å². The fourth-order valence-corrected chi connectivity index (χ4v) is 2.35. The first-order valence-electron chi connectivity index (χ1n) is 7.53. The molecular formula is C18H23N3O. The van der Waals surface area contributed by atoms with E-state index in [1.165, 1.54) is 0 Å². The van der Waals surface area contributed by atoms with Gasteiger partial charge in [0.25, 0.3) is 0 Å². The average molecular weight is 297 g/mol. The number of para-hydroxylation sites is 1. The molecule has 0 bridgehead atoms. The lowest BCUT2D eigenvalue weighted by atomic mass is 10.1. The number of hydrogen-bond donors (Lipinski definition) is 3. The normalized spacial score (nSPS) is 11.8. The predicted octanol–water partition coefficient (Wildman–Crippen LogP) is 4.22. The SMILES string of the molecule is CCc1cccc(C)c1NC(=O)Nc1ccc(C(C)N)cc1. The van der Waals surface area contributed by atoms with Crippen molar-refractivity contribution in [3.8, 4) is 0 Å². The second-order valence-corrected chi connectivity index (χ2v) is 5.45. The summed E-state index contributed by atoms with van der Waals surface area (Å²) in [6.07, 6.45) is 0.875. The molecule has 22 heavy (non-hydrogen) atoms. The van der Waals surface area contributed by atoms with Gasteiger partial charge in [-0.25, -0.2) is 4.79 Å². The maximum atomic E-state index is 12.2. The highest BCUT2D eigenvalue weighted by molar-refractivity contribution is 6.00. The zero-order valence-corrected chi connectivity index (χ0v) is 13.3. The summed E-state index contributed by atoms with van der Waals surface area (Å²) < 4.78 is 0. The van der Waals surface area contributed by atoms with Crippen LogP contribution in [-0.4, -0.2) is 6.03 Å². The highest BCUT2D eigenvalue weighted by Crippen LogP contribution is 2.21. The number of carbonyl (C=O) groups excluding carboxylic acids is 1. The first kappa shape index (κ1) is 16.0. The number of nitrogens with one attached hydrogen (secondary N) is 2. The van der Waals surface area contributed by atoms with Crippen molar-refractivity contribution in [2.75, 3.05) is 10.6 Å². The number of hydrogen-bond acceptors (Lipinski definition) is 2. The van der Waals surface area contributed by atoms with Gasteiger partial charge < -0.3 is 16.4 Å². The number of urea groups is 1. The van der Waals surface area contributed by atoms with Gasteiger partial charge in [0.05, 0.1) is 0 Å². The van der Waals surface area contributed by atoms with E-state index >= 15 is 0 Å². The van der Waals surface area contributed by atoms with E-state index in [0.717, 1.165) is 34.5 Å². The molecule has 2 rings (SSSR count). The van der Waals surface area contributed by atoms with E-state index < -0.39 is 0 Å². The van der Waals surface area contributed by atoms with Crippen molar-refractivity contribution in [2.24, 2.45) is 5.73 Å². The lowest BCUT2D eigenvalue weighted by molar-refractivity contribution is 0.262. The van der Waals surface area contributed by atoms with Crippen molar-refractivity contribution in [3.05, 3.63) is 59.2 Å². The van der Waals surface area contributed by atoms with Crippen LogP contribution in [0.25, 0.3) is 0 Å². The summed E-state index contributed by atoms with van der Waals surface area (Å²) in [6.45, 7) is 6.00. The summed E-state index contributed by atoms with van der Waals surface area (Å²) in [5, 5.41) is 5.79. The minimum atomic E-state index is -0.238. The molecule has 116 valence electrons. The van der Waals surface area contributed by atoms with Crippen molar-refractivity contribution >= 4 is 17.4 Å². The van der Waals surface area contributed by atoms with Gasteiger partial charge >= 0.3 is 6.03 Å². The molecule has 4 N–H and O–H groups in total. The zero-order valence-electron chi connectivity index (χ0n) is 13.3. The highest BCUT2D eigenvalue weighted by atomic mass is 16.2. The Balaban J connectivity index is 2.07. The van der Waals surface area contributed by atoms with Crippen molar-refractivity contribution in [3.63, 3.8) is 0 Å². The predicted molar refractivity (Wildman–Crippen MR) is 92.2 cm³/mol. The molecular weight excluding hydrogens is 274 g/mol. The van der Waals surface area contributed by atoms with E-state index in [4.69, 9.17) is 5.73 Å². The Kier molecular flexibility index (Phi) is 5.17. The number of amides is 2. The molecule has 0 aliphatic heterocycles. The maximum absolute atomic E-state index is 12.2. The third-order valence-corrected chi connectivity index (χ3v) is 3.67. The van der Waals surface area contributed by atoms with Crippen LogP contribution in [0.2, 0.25) is 0 Å². The number of anilines is 2. The van der Waals surface area contributed by atoms with E-state index in [1.807, 2.05) is 56.3 Å². The van der Waals surface area contributed by atoms with Gasteiger partial charge in [-0.15, -0.1) is 0 Å².